The summed E-state index contributed by atoms with van der Waals surface area (Å²) in [5.74, 6) is 1.10. The molecule has 2 aromatic heterocycles. The van der Waals surface area contributed by atoms with Crippen LogP contribution in [-0.2, 0) is 16.9 Å². The van der Waals surface area contributed by atoms with Crippen LogP contribution in [0.15, 0.2) is 18.6 Å². The second-order valence-corrected chi connectivity index (χ2v) is 8.56. The van der Waals surface area contributed by atoms with E-state index in [4.69, 9.17) is 0 Å². The molecule has 1 spiro atoms. The molecule has 9 heteroatoms. The van der Waals surface area contributed by atoms with E-state index in [1.165, 1.54) is 17.4 Å². The Morgan fingerprint density at radius 3 is 2.76 bits per heavy atom. The number of carbonyl (C=O) groups is 2. The third-order valence-corrected chi connectivity index (χ3v) is 6.66. The summed E-state index contributed by atoms with van der Waals surface area (Å²) in [5, 5.41) is 11.6. The van der Waals surface area contributed by atoms with Gasteiger partial charge in [0.05, 0.1) is 24.3 Å². The van der Waals surface area contributed by atoms with Gasteiger partial charge in [0.25, 0.3) is 5.91 Å². The van der Waals surface area contributed by atoms with Gasteiger partial charge in [-0.15, -0.1) is 5.10 Å². The predicted octanol–water partition coefficient (Wildman–Crippen LogP) is 1.49. The number of aryl methyl sites for hydroxylation is 1. The summed E-state index contributed by atoms with van der Waals surface area (Å²) in [5.41, 5.74) is 0.194. The zero-order valence-electron chi connectivity index (χ0n) is 16.8. The number of imidazole rings is 1. The summed E-state index contributed by atoms with van der Waals surface area (Å²) in [6.45, 7) is 3.78. The summed E-state index contributed by atoms with van der Waals surface area (Å²) in [4.78, 5) is 33.3. The lowest BCUT2D eigenvalue weighted by atomic mass is 9.85. The van der Waals surface area contributed by atoms with Crippen molar-refractivity contribution in [3.63, 3.8) is 0 Å². The number of aromatic nitrogens is 5. The summed E-state index contributed by atoms with van der Waals surface area (Å²) in [6, 6.07) is -0.0855. The SMILES string of the molecule is CCn1ncc(C(=O)N2CC3(CC(NC(=O)C4CCCCC4)c4nccn43)C2)n1. The lowest BCUT2D eigenvalue weighted by Crippen LogP contribution is -2.63. The van der Waals surface area contributed by atoms with Gasteiger partial charge in [0.2, 0.25) is 5.91 Å². The van der Waals surface area contributed by atoms with Crippen LogP contribution in [-0.4, -0.2) is 54.3 Å². The largest absolute Gasteiger partial charge is 0.346 e. The monoisotopic (exact) mass is 397 g/mol. The standard InChI is InChI=1S/C20H27N7O2/c1-2-27-22-11-16(24-27)19(29)25-12-20(13-25)10-15(17-21-8-9-26(17)20)23-18(28)14-6-4-3-5-7-14/h8-9,11,14-15H,2-7,10,12-13H2,1H3,(H,23,28). The molecule has 0 bridgehead atoms. The van der Waals surface area contributed by atoms with Gasteiger partial charge in [0.1, 0.15) is 5.82 Å². The van der Waals surface area contributed by atoms with Crippen molar-refractivity contribution in [2.24, 2.45) is 5.92 Å². The number of rotatable bonds is 4. The summed E-state index contributed by atoms with van der Waals surface area (Å²) >= 11 is 0. The zero-order valence-corrected chi connectivity index (χ0v) is 16.8. The number of hydrogen-bond donors (Lipinski definition) is 1. The third kappa shape index (κ3) is 3.03. The van der Waals surface area contributed by atoms with Gasteiger partial charge in [0, 0.05) is 37.8 Å². The van der Waals surface area contributed by atoms with Crippen LogP contribution >= 0.6 is 0 Å². The highest BCUT2D eigenvalue weighted by atomic mass is 16.2. The maximum Gasteiger partial charge on any atom is 0.276 e. The van der Waals surface area contributed by atoms with E-state index in [0.29, 0.717) is 25.3 Å². The topological polar surface area (TPSA) is 97.9 Å². The molecule has 4 heterocycles. The van der Waals surface area contributed by atoms with Gasteiger partial charge in [-0.1, -0.05) is 19.3 Å². The van der Waals surface area contributed by atoms with E-state index in [9.17, 15) is 9.59 Å². The minimum Gasteiger partial charge on any atom is -0.346 e. The minimum atomic E-state index is -0.188. The Balaban J connectivity index is 1.27. The average Bonchev–Trinajstić information content (AvgIpc) is 3.44. The molecule has 154 valence electrons. The number of fused-ring (bicyclic) bond motifs is 2. The average molecular weight is 397 g/mol. The quantitative estimate of drug-likeness (QED) is 0.843. The van der Waals surface area contributed by atoms with E-state index >= 15 is 0 Å². The highest BCUT2D eigenvalue weighted by Crippen LogP contribution is 2.45. The van der Waals surface area contributed by atoms with E-state index in [0.717, 1.165) is 37.9 Å². The van der Waals surface area contributed by atoms with Gasteiger partial charge in [-0.2, -0.15) is 9.90 Å². The van der Waals surface area contributed by atoms with Crippen LogP contribution in [0.1, 0.15) is 67.8 Å². The lowest BCUT2D eigenvalue weighted by Gasteiger charge is -2.48. The van der Waals surface area contributed by atoms with Crippen LogP contribution in [0, 0.1) is 5.92 Å². The van der Waals surface area contributed by atoms with Gasteiger partial charge in [-0.05, 0) is 19.8 Å². The van der Waals surface area contributed by atoms with Crippen molar-refractivity contribution in [1.82, 2.24) is 34.8 Å². The Hall–Kier alpha value is -2.71. The molecular weight excluding hydrogens is 370 g/mol. The second kappa shape index (κ2) is 6.96. The maximum atomic E-state index is 12.8. The molecule has 0 radical (unpaired) electrons. The zero-order chi connectivity index (χ0) is 20.0. The summed E-state index contributed by atoms with van der Waals surface area (Å²) in [6.07, 6.45) is 11.5. The van der Waals surface area contributed by atoms with Crippen molar-refractivity contribution in [3.05, 3.63) is 30.1 Å². The molecule has 2 aliphatic heterocycles. The highest BCUT2D eigenvalue weighted by molar-refractivity contribution is 5.92. The molecule has 2 amide bonds. The Morgan fingerprint density at radius 1 is 1.24 bits per heavy atom. The van der Waals surface area contributed by atoms with Crippen LogP contribution < -0.4 is 5.32 Å². The molecule has 5 rings (SSSR count). The molecule has 9 nitrogen and oxygen atoms in total. The van der Waals surface area contributed by atoms with E-state index < -0.39 is 0 Å². The van der Waals surface area contributed by atoms with Gasteiger partial charge in [0.15, 0.2) is 5.69 Å². The van der Waals surface area contributed by atoms with Gasteiger partial charge in [-0.25, -0.2) is 4.98 Å². The number of carbonyl (C=O) groups excluding carboxylic acids is 2. The van der Waals surface area contributed by atoms with Crippen LogP contribution in [0.2, 0.25) is 0 Å². The molecule has 1 atom stereocenters. The van der Waals surface area contributed by atoms with Crippen molar-refractivity contribution in [3.8, 4) is 0 Å². The normalized spacial score (nSPS) is 23.1. The Bertz CT molecular complexity index is 921. The smallest absolute Gasteiger partial charge is 0.276 e. The number of nitrogens with one attached hydrogen (secondary N) is 1. The summed E-state index contributed by atoms with van der Waals surface area (Å²) < 4.78 is 2.16. The summed E-state index contributed by atoms with van der Waals surface area (Å²) in [7, 11) is 0. The fourth-order valence-corrected chi connectivity index (χ4v) is 5.11. The van der Waals surface area contributed by atoms with Crippen LogP contribution in [0.5, 0.6) is 0 Å². The van der Waals surface area contributed by atoms with Crippen LogP contribution in [0.25, 0.3) is 0 Å². The van der Waals surface area contributed by atoms with Gasteiger partial charge < -0.3 is 14.8 Å². The fourth-order valence-electron chi connectivity index (χ4n) is 5.11. The molecule has 1 saturated heterocycles. The van der Waals surface area contributed by atoms with Crippen molar-refractivity contribution in [2.75, 3.05) is 13.1 Å². The van der Waals surface area contributed by atoms with E-state index in [-0.39, 0.29) is 29.3 Å². The first-order valence-corrected chi connectivity index (χ1v) is 10.6. The first-order chi connectivity index (χ1) is 14.1. The molecule has 29 heavy (non-hydrogen) atoms. The van der Waals surface area contributed by atoms with Crippen molar-refractivity contribution < 1.29 is 9.59 Å². The lowest BCUT2D eigenvalue weighted by molar-refractivity contribution is -0.126. The highest BCUT2D eigenvalue weighted by Gasteiger charge is 2.54. The van der Waals surface area contributed by atoms with Crippen LogP contribution in [0.4, 0.5) is 0 Å². The van der Waals surface area contributed by atoms with Crippen LogP contribution in [0.3, 0.4) is 0 Å². The maximum absolute atomic E-state index is 12.8. The predicted molar refractivity (Wildman–Crippen MR) is 104 cm³/mol. The van der Waals surface area contributed by atoms with Crippen molar-refractivity contribution in [1.29, 1.82) is 0 Å². The number of hydrogen-bond acceptors (Lipinski definition) is 5. The van der Waals surface area contributed by atoms with E-state index in [1.807, 2.05) is 13.1 Å². The Kier molecular flexibility index (Phi) is 4.40. The molecule has 1 saturated carbocycles. The molecule has 3 aliphatic rings. The molecule has 0 aromatic carbocycles. The second-order valence-electron chi connectivity index (χ2n) is 8.56. The molecule has 2 fully saturated rings. The third-order valence-electron chi connectivity index (χ3n) is 6.66. The first kappa shape index (κ1) is 18.3. The molecular formula is C20H27N7O2. The molecule has 1 aliphatic carbocycles. The Morgan fingerprint density at radius 2 is 2.03 bits per heavy atom. The van der Waals surface area contributed by atoms with E-state index in [1.54, 1.807) is 11.1 Å². The first-order valence-electron chi connectivity index (χ1n) is 10.6. The number of amides is 2. The number of likely N-dealkylation sites (tertiary alicyclic amines) is 1. The van der Waals surface area contributed by atoms with Crippen molar-refractivity contribution >= 4 is 11.8 Å². The molecule has 1 N–H and O–H groups in total. The van der Waals surface area contributed by atoms with Gasteiger partial charge in [-0.3, -0.25) is 9.59 Å². The molecule has 2 aromatic rings. The van der Waals surface area contributed by atoms with Crippen molar-refractivity contribution in [2.45, 2.75) is 63.6 Å². The number of nitrogens with zero attached hydrogens (tertiary/aromatic N) is 6. The van der Waals surface area contributed by atoms with E-state index in [2.05, 4.69) is 25.1 Å². The Labute approximate surface area is 169 Å². The molecule has 1 unspecified atom stereocenters. The fraction of sp³-hybridized carbons (Fsp3) is 0.650. The van der Waals surface area contributed by atoms with Gasteiger partial charge >= 0.3 is 0 Å². The minimum absolute atomic E-state index is 0.0855.